The van der Waals surface area contributed by atoms with E-state index in [0.717, 1.165) is 78.1 Å². The highest BCUT2D eigenvalue weighted by molar-refractivity contribution is 6.14. The molecule has 0 amide bonds. The van der Waals surface area contributed by atoms with Crippen LogP contribution in [0.1, 0.15) is 0 Å². The van der Waals surface area contributed by atoms with E-state index in [1.54, 1.807) is 0 Å². The summed E-state index contributed by atoms with van der Waals surface area (Å²) in [6, 6.07) is 96.7. The molecule has 0 aliphatic rings. The zero-order valence-electron chi connectivity index (χ0n) is 38.7. The Morgan fingerprint density at radius 3 is 1.48 bits per heavy atom. The Balaban J connectivity index is 0.853. The lowest BCUT2D eigenvalue weighted by Gasteiger charge is -2.30. The number of para-hydroxylation sites is 5. The van der Waals surface area contributed by atoms with Gasteiger partial charge in [0.25, 0.3) is 0 Å². The summed E-state index contributed by atoms with van der Waals surface area (Å²) >= 11 is 0. The number of nitrogens with zero attached hydrogens (tertiary/aromatic N) is 2. The summed E-state index contributed by atoms with van der Waals surface area (Å²) in [5, 5.41) is 9.74. The van der Waals surface area contributed by atoms with Gasteiger partial charge in [0.2, 0.25) is 0 Å². The van der Waals surface area contributed by atoms with Crippen molar-refractivity contribution in [1.29, 1.82) is 0 Å². The first kappa shape index (κ1) is 40.6. The molecule has 332 valence electrons. The van der Waals surface area contributed by atoms with Crippen molar-refractivity contribution in [2.45, 2.75) is 0 Å². The normalized spacial score (nSPS) is 11.7. The Kier molecular flexibility index (Phi) is 9.53. The zero-order chi connectivity index (χ0) is 46.8. The third kappa shape index (κ3) is 6.82. The van der Waals surface area contributed by atoms with Crippen LogP contribution in [0.4, 0.5) is 17.1 Å². The molecule has 0 aliphatic carbocycles. The number of aromatic nitrogens is 1. The lowest BCUT2D eigenvalue weighted by molar-refractivity contribution is 0.669. The summed E-state index contributed by atoms with van der Waals surface area (Å²) in [4.78, 5) is 2.44. The smallest absolute Gasteiger partial charge is 0.136 e. The maximum atomic E-state index is 6.44. The molecule has 0 saturated heterocycles. The lowest BCUT2D eigenvalue weighted by atomic mass is 9.94. The summed E-state index contributed by atoms with van der Waals surface area (Å²) in [5.74, 6) is 0. The molecule has 0 N–H and O–H groups in total. The number of anilines is 3. The molecule has 0 radical (unpaired) electrons. The van der Waals surface area contributed by atoms with Gasteiger partial charge >= 0.3 is 0 Å². The monoisotopic (exact) mass is 904 g/mol. The van der Waals surface area contributed by atoms with Gasteiger partial charge in [-0.05, 0) is 122 Å². The van der Waals surface area contributed by atoms with Crippen LogP contribution in [-0.2, 0) is 0 Å². The van der Waals surface area contributed by atoms with Gasteiger partial charge in [-0.1, -0.05) is 200 Å². The summed E-state index contributed by atoms with van der Waals surface area (Å²) in [6.07, 6.45) is 0. The second kappa shape index (κ2) is 16.7. The Bertz CT molecular complexity index is 4280. The Hall–Kier alpha value is -9.44. The molecule has 0 unspecified atom stereocenters. The largest absolute Gasteiger partial charge is 0.456 e. The fourth-order valence-electron chi connectivity index (χ4n) is 11.1. The molecule has 71 heavy (non-hydrogen) atoms. The molecular formula is C68H44N2O. The number of hydrogen-bond donors (Lipinski definition) is 0. The molecule has 3 heteroatoms. The van der Waals surface area contributed by atoms with Gasteiger partial charge in [-0.3, -0.25) is 0 Å². The van der Waals surface area contributed by atoms with Crippen molar-refractivity contribution < 1.29 is 4.42 Å². The highest BCUT2D eigenvalue weighted by Gasteiger charge is 2.23. The van der Waals surface area contributed by atoms with Gasteiger partial charge in [0.05, 0.1) is 22.4 Å². The van der Waals surface area contributed by atoms with Crippen LogP contribution in [-0.4, -0.2) is 4.57 Å². The third-order valence-corrected chi connectivity index (χ3v) is 14.4. The SMILES string of the molecule is c1ccc(N(c2ccc(-c3ccc(-c4ccc(-n5c6ccccc6c6ccccc65)cc4)cc3)cc2)c2ccccc2-c2cccc3oc4ccccc4c23)c(-c2ccc3c(ccc4ccccc43)c2)c1. The predicted octanol–water partition coefficient (Wildman–Crippen LogP) is 19.1. The quantitative estimate of drug-likeness (QED) is 0.142. The fourth-order valence-corrected chi connectivity index (χ4v) is 11.1. The first-order chi connectivity index (χ1) is 35.2. The zero-order valence-corrected chi connectivity index (χ0v) is 38.7. The van der Waals surface area contributed by atoms with E-state index in [2.05, 4.69) is 270 Å². The predicted molar refractivity (Wildman–Crippen MR) is 299 cm³/mol. The van der Waals surface area contributed by atoms with Crippen LogP contribution in [0, 0.1) is 0 Å². The van der Waals surface area contributed by atoms with E-state index in [1.165, 1.54) is 54.5 Å². The molecule has 0 spiro atoms. The Labute approximate surface area is 411 Å². The molecule has 0 bridgehead atoms. The summed E-state index contributed by atoms with van der Waals surface area (Å²) < 4.78 is 8.81. The molecule has 2 heterocycles. The first-order valence-corrected chi connectivity index (χ1v) is 24.3. The lowest BCUT2D eigenvalue weighted by Crippen LogP contribution is -2.12. The Morgan fingerprint density at radius 2 is 0.775 bits per heavy atom. The van der Waals surface area contributed by atoms with Crippen LogP contribution in [0.3, 0.4) is 0 Å². The van der Waals surface area contributed by atoms with Crippen molar-refractivity contribution in [3.8, 4) is 50.2 Å². The summed E-state index contributed by atoms with van der Waals surface area (Å²) in [7, 11) is 0. The van der Waals surface area contributed by atoms with Gasteiger partial charge in [0.15, 0.2) is 0 Å². The van der Waals surface area contributed by atoms with Crippen molar-refractivity contribution in [3.05, 3.63) is 267 Å². The highest BCUT2D eigenvalue weighted by atomic mass is 16.3. The molecule has 3 nitrogen and oxygen atoms in total. The highest BCUT2D eigenvalue weighted by Crippen LogP contribution is 2.48. The van der Waals surface area contributed by atoms with Crippen LogP contribution in [0.25, 0.3) is 115 Å². The maximum Gasteiger partial charge on any atom is 0.136 e. The van der Waals surface area contributed by atoms with Gasteiger partial charge in [-0.25, -0.2) is 0 Å². The molecule has 12 aromatic carbocycles. The van der Waals surface area contributed by atoms with Gasteiger partial charge in [-0.2, -0.15) is 0 Å². The average Bonchev–Trinajstić information content (AvgIpc) is 4.00. The van der Waals surface area contributed by atoms with Crippen molar-refractivity contribution in [3.63, 3.8) is 0 Å². The number of benzene rings is 12. The molecule has 0 aliphatic heterocycles. The first-order valence-electron chi connectivity index (χ1n) is 24.3. The minimum atomic E-state index is 0.876. The topological polar surface area (TPSA) is 21.3 Å². The van der Waals surface area contributed by atoms with Crippen LogP contribution < -0.4 is 4.90 Å². The van der Waals surface area contributed by atoms with Gasteiger partial charge < -0.3 is 13.9 Å². The summed E-state index contributed by atoms with van der Waals surface area (Å²) in [5.41, 5.74) is 17.8. The van der Waals surface area contributed by atoms with E-state index in [9.17, 15) is 0 Å². The van der Waals surface area contributed by atoms with E-state index >= 15 is 0 Å². The number of fused-ring (bicyclic) bond motifs is 9. The average molecular weight is 905 g/mol. The summed E-state index contributed by atoms with van der Waals surface area (Å²) in [6.45, 7) is 0. The third-order valence-electron chi connectivity index (χ3n) is 14.4. The van der Waals surface area contributed by atoms with E-state index in [4.69, 9.17) is 4.42 Å². The molecule has 14 aromatic rings. The van der Waals surface area contributed by atoms with Crippen molar-refractivity contribution in [1.82, 2.24) is 4.57 Å². The minimum absolute atomic E-state index is 0.876. The van der Waals surface area contributed by atoms with Crippen molar-refractivity contribution in [2.75, 3.05) is 4.90 Å². The van der Waals surface area contributed by atoms with Crippen LogP contribution in [0.15, 0.2) is 271 Å². The molecule has 0 atom stereocenters. The second-order valence-electron chi connectivity index (χ2n) is 18.4. The molecule has 0 saturated carbocycles. The second-order valence-corrected chi connectivity index (χ2v) is 18.4. The van der Waals surface area contributed by atoms with E-state index < -0.39 is 0 Å². The molecule has 14 rings (SSSR count). The number of rotatable bonds is 8. The maximum absolute atomic E-state index is 6.44. The molecular weight excluding hydrogens is 861 g/mol. The minimum Gasteiger partial charge on any atom is -0.456 e. The Morgan fingerprint density at radius 1 is 0.296 bits per heavy atom. The van der Waals surface area contributed by atoms with Gasteiger partial charge in [-0.15, -0.1) is 0 Å². The van der Waals surface area contributed by atoms with Crippen LogP contribution in [0.2, 0.25) is 0 Å². The van der Waals surface area contributed by atoms with Gasteiger partial charge in [0.1, 0.15) is 11.2 Å². The van der Waals surface area contributed by atoms with E-state index in [0.29, 0.717) is 0 Å². The molecule has 0 fully saturated rings. The van der Waals surface area contributed by atoms with Crippen LogP contribution >= 0.6 is 0 Å². The fraction of sp³-hybridized carbons (Fsp3) is 0. The molecule has 2 aromatic heterocycles. The van der Waals surface area contributed by atoms with Crippen molar-refractivity contribution in [2.24, 2.45) is 0 Å². The standard InChI is InChI=1S/C68H44N2O/c1-2-15-54-49(14-1)32-33-50-44-51(38-43-55(50)54)56-16-3-8-22-62(56)69(65-25-11-6-19-59(65)60-21-13-27-67-68(60)61-20-7-12-26-66(61)71-67)52-39-34-47(35-40-52)45-28-30-46(31-29-45)48-36-41-53(42-37-48)70-63-23-9-4-17-57(63)58-18-5-10-24-64(58)70/h1-44H. The number of furan rings is 1. The van der Waals surface area contributed by atoms with E-state index in [1.807, 2.05) is 6.07 Å². The van der Waals surface area contributed by atoms with E-state index in [-0.39, 0.29) is 0 Å². The van der Waals surface area contributed by atoms with Crippen molar-refractivity contribution >= 4 is 82.4 Å². The number of hydrogen-bond acceptors (Lipinski definition) is 2. The van der Waals surface area contributed by atoms with Crippen LogP contribution in [0.5, 0.6) is 0 Å². The van der Waals surface area contributed by atoms with Gasteiger partial charge in [0, 0.05) is 44.0 Å².